The third-order valence-electron chi connectivity index (χ3n) is 2.58. The van der Waals surface area contributed by atoms with Crippen molar-refractivity contribution in [1.29, 1.82) is 0 Å². The van der Waals surface area contributed by atoms with Crippen molar-refractivity contribution in [2.75, 3.05) is 0 Å². The van der Waals surface area contributed by atoms with Crippen LogP contribution in [0.4, 0.5) is 4.79 Å². The highest BCUT2D eigenvalue weighted by Gasteiger charge is 2.21. The average molecular weight is 436 g/mol. The molecule has 0 spiro atoms. The summed E-state index contributed by atoms with van der Waals surface area (Å²) in [5.41, 5.74) is 0.858. The number of carbonyl (C=O) groups excluding carboxylic acids is 1. The van der Waals surface area contributed by atoms with Gasteiger partial charge in [0.25, 0.3) is 0 Å². The lowest BCUT2D eigenvalue weighted by atomic mass is 10.1. The van der Waals surface area contributed by atoms with E-state index >= 15 is 0 Å². The number of nitrogens with zero attached hydrogens (tertiary/aromatic N) is 1. The van der Waals surface area contributed by atoms with Crippen LogP contribution >= 0.6 is 43.5 Å². The summed E-state index contributed by atoms with van der Waals surface area (Å²) in [6.07, 6.45) is 1.22. The van der Waals surface area contributed by atoms with Crippen LogP contribution < -0.4 is 0 Å². The van der Waals surface area contributed by atoms with Crippen molar-refractivity contribution in [3.8, 4) is 11.3 Å². The van der Waals surface area contributed by atoms with Crippen molar-refractivity contribution in [3.05, 3.63) is 44.4 Å². The zero-order valence-corrected chi connectivity index (χ0v) is 15.7. The van der Waals surface area contributed by atoms with Crippen molar-refractivity contribution in [1.82, 2.24) is 4.57 Å². The number of benzene rings is 1. The van der Waals surface area contributed by atoms with E-state index < -0.39 is 11.7 Å². The molecular formula is C15H14Br2ClNO2. The van der Waals surface area contributed by atoms with E-state index in [9.17, 15) is 4.79 Å². The Balaban J connectivity index is 2.51. The van der Waals surface area contributed by atoms with Gasteiger partial charge in [-0.1, -0.05) is 27.5 Å². The van der Waals surface area contributed by atoms with Crippen LogP contribution in [-0.2, 0) is 4.74 Å². The zero-order chi connectivity index (χ0) is 15.8. The van der Waals surface area contributed by atoms with Crippen molar-refractivity contribution >= 4 is 49.6 Å². The minimum Gasteiger partial charge on any atom is -0.443 e. The number of halogens is 3. The molecule has 0 unspecified atom stereocenters. The van der Waals surface area contributed by atoms with Gasteiger partial charge in [0.1, 0.15) is 5.60 Å². The highest BCUT2D eigenvalue weighted by atomic mass is 79.9. The molecular weight excluding hydrogens is 421 g/mol. The summed E-state index contributed by atoms with van der Waals surface area (Å²) in [6.45, 7) is 5.49. The molecule has 0 atom stereocenters. The first-order chi connectivity index (χ1) is 9.67. The lowest BCUT2D eigenvalue weighted by molar-refractivity contribution is 0.0540. The fraction of sp³-hybridized carbons (Fsp3) is 0.267. The standard InChI is InChI=1S/C15H14Br2ClNO2/c1-15(2,3)21-14(20)19-8-10(17)7-13(19)11-6-9(16)4-5-12(11)18/h4-8H,1-3H3. The third-order valence-corrected chi connectivity index (χ3v) is 3.84. The normalized spacial score (nSPS) is 11.5. The molecule has 0 aliphatic rings. The first-order valence-corrected chi connectivity index (χ1v) is 8.20. The quantitative estimate of drug-likeness (QED) is 0.541. The molecule has 0 bridgehead atoms. The van der Waals surface area contributed by atoms with E-state index in [1.807, 2.05) is 39.0 Å². The number of ether oxygens (including phenoxy) is 1. The molecule has 0 amide bonds. The van der Waals surface area contributed by atoms with Gasteiger partial charge in [-0.2, -0.15) is 0 Å². The lowest BCUT2D eigenvalue weighted by Crippen LogP contribution is -2.27. The molecule has 112 valence electrons. The maximum atomic E-state index is 12.3. The van der Waals surface area contributed by atoms with E-state index in [2.05, 4.69) is 31.9 Å². The second kappa shape index (κ2) is 6.15. The van der Waals surface area contributed by atoms with Crippen LogP contribution in [-0.4, -0.2) is 16.3 Å². The van der Waals surface area contributed by atoms with Crippen LogP contribution in [0.25, 0.3) is 11.3 Å². The molecule has 0 saturated heterocycles. The third kappa shape index (κ3) is 4.11. The van der Waals surface area contributed by atoms with Crippen LogP contribution in [0.15, 0.2) is 39.4 Å². The number of hydrogen-bond donors (Lipinski definition) is 0. The molecule has 0 saturated carbocycles. The van der Waals surface area contributed by atoms with Crippen molar-refractivity contribution < 1.29 is 9.53 Å². The fourth-order valence-corrected chi connectivity index (χ4v) is 2.79. The Morgan fingerprint density at radius 1 is 1.19 bits per heavy atom. The monoisotopic (exact) mass is 433 g/mol. The number of aromatic nitrogens is 1. The van der Waals surface area contributed by atoms with Crippen LogP contribution in [0.2, 0.25) is 5.02 Å². The second-order valence-corrected chi connectivity index (χ2v) is 7.76. The summed E-state index contributed by atoms with van der Waals surface area (Å²) < 4.78 is 8.53. The first-order valence-electron chi connectivity index (χ1n) is 6.24. The Labute approximate surface area is 145 Å². The van der Waals surface area contributed by atoms with Crippen molar-refractivity contribution in [2.45, 2.75) is 26.4 Å². The predicted molar refractivity (Wildman–Crippen MR) is 91.9 cm³/mol. The molecule has 2 rings (SSSR count). The highest BCUT2D eigenvalue weighted by molar-refractivity contribution is 9.10. The van der Waals surface area contributed by atoms with Crippen molar-refractivity contribution in [2.24, 2.45) is 0 Å². The summed E-state index contributed by atoms with van der Waals surface area (Å²) in [6, 6.07) is 7.32. The van der Waals surface area contributed by atoms with Crippen molar-refractivity contribution in [3.63, 3.8) is 0 Å². The van der Waals surface area contributed by atoms with Gasteiger partial charge in [0.15, 0.2) is 0 Å². The van der Waals surface area contributed by atoms with E-state index in [1.54, 1.807) is 12.3 Å². The molecule has 0 N–H and O–H groups in total. The van der Waals surface area contributed by atoms with E-state index in [-0.39, 0.29) is 0 Å². The first kappa shape index (κ1) is 16.6. The molecule has 0 aliphatic carbocycles. The van der Waals surface area contributed by atoms with Gasteiger partial charge in [0.05, 0.1) is 5.69 Å². The minimum atomic E-state index is -0.563. The molecule has 0 aliphatic heterocycles. The topological polar surface area (TPSA) is 31.2 Å². The Morgan fingerprint density at radius 3 is 2.48 bits per heavy atom. The molecule has 6 heteroatoms. The SMILES string of the molecule is CC(C)(C)OC(=O)n1cc(Br)cc1-c1cc(Br)ccc1Cl. The van der Waals surface area contributed by atoms with Gasteiger partial charge >= 0.3 is 6.09 Å². The Morgan fingerprint density at radius 2 is 1.86 bits per heavy atom. The van der Waals surface area contributed by atoms with Crippen LogP contribution in [0.3, 0.4) is 0 Å². The second-order valence-electron chi connectivity index (χ2n) is 5.52. The van der Waals surface area contributed by atoms with E-state index in [0.717, 1.165) is 14.5 Å². The maximum Gasteiger partial charge on any atom is 0.419 e. The largest absolute Gasteiger partial charge is 0.443 e. The number of hydrogen-bond acceptors (Lipinski definition) is 2. The van der Waals surface area contributed by atoms with Gasteiger partial charge in [-0.3, -0.25) is 4.57 Å². The zero-order valence-electron chi connectivity index (χ0n) is 11.8. The molecule has 2 aromatic rings. The van der Waals surface area contributed by atoms with Gasteiger partial charge in [-0.15, -0.1) is 0 Å². The average Bonchev–Trinajstić information content (AvgIpc) is 2.72. The lowest BCUT2D eigenvalue weighted by Gasteiger charge is -2.20. The van der Waals surface area contributed by atoms with Gasteiger partial charge in [-0.25, -0.2) is 4.79 Å². The molecule has 1 aromatic heterocycles. The summed E-state index contributed by atoms with van der Waals surface area (Å²) in [5.74, 6) is 0. The van der Waals surface area contributed by atoms with Gasteiger partial charge in [-0.05, 0) is 61.0 Å². The Kier molecular flexibility index (Phi) is 4.85. The Bertz CT molecular complexity index is 689. The predicted octanol–water partition coefficient (Wildman–Crippen LogP) is 6.12. The minimum absolute atomic E-state index is 0.445. The molecule has 1 aromatic carbocycles. The fourth-order valence-electron chi connectivity index (χ4n) is 1.79. The van der Waals surface area contributed by atoms with Crippen LogP contribution in [0.1, 0.15) is 20.8 Å². The molecule has 0 fully saturated rings. The van der Waals surface area contributed by atoms with Gasteiger partial charge in [0, 0.05) is 25.7 Å². The maximum absolute atomic E-state index is 12.3. The summed E-state index contributed by atoms with van der Waals surface area (Å²) in [7, 11) is 0. The van der Waals surface area contributed by atoms with E-state index in [1.165, 1.54) is 4.57 Å². The summed E-state index contributed by atoms with van der Waals surface area (Å²) in [5, 5.41) is 0.564. The van der Waals surface area contributed by atoms with E-state index in [0.29, 0.717) is 10.7 Å². The van der Waals surface area contributed by atoms with Gasteiger partial charge < -0.3 is 4.74 Å². The highest BCUT2D eigenvalue weighted by Crippen LogP contribution is 2.33. The van der Waals surface area contributed by atoms with Gasteiger partial charge in [0.2, 0.25) is 0 Å². The van der Waals surface area contributed by atoms with Crippen LogP contribution in [0.5, 0.6) is 0 Å². The number of rotatable bonds is 1. The van der Waals surface area contributed by atoms with Crippen LogP contribution in [0, 0.1) is 0 Å². The smallest absolute Gasteiger partial charge is 0.419 e. The molecule has 3 nitrogen and oxygen atoms in total. The summed E-state index contributed by atoms with van der Waals surface area (Å²) in [4.78, 5) is 12.3. The summed E-state index contributed by atoms with van der Waals surface area (Å²) >= 11 is 13.1. The number of carbonyl (C=O) groups is 1. The Hall–Kier alpha value is -0.780. The molecule has 1 heterocycles. The van der Waals surface area contributed by atoms with E-state index in [4.69, 9.17) is 16.3 Å². The molecule has 21 heavy (non-hydrogen) atoms. The molecule has 0 radical (unpaired) electrons.